The first-order chi connectivity index (χ1) is 6.33. The molecule has 1 aromatic carbocycles. The number of nitrogens with two attached hydrogens (primary N) is 1. The van der Waals surface area contributed by atoms with E-state index in [1.807, 2.05) is 24.3 Å². The fourth-order valence-corrected chi connectivity index (χ4v) is 1.41. The van der Waals surface area contributed by atoms with E-state index in [-0.39, 0.29) is 12.3 Å². The van der Waals surface area contributed by atoms with Crippen molar-refractivity contribution < 1.29 is 4.79 Å². The zero-order valence-electron chi connectivity index (χ0n) is 7.08. The van der Waals surface area contributed by atoms with E-state index in [0.29, 0.717) is 5.56 Å². The fraction of sp³-hybridized carbons (Fsp3) is 0.100. The molecule has 2 aromatic rings. The summed E-state index contributed by atoms with van der Waals surface area (Å²) in [4.78, 5) is 14.4. The van der Waals surface area contributed by atoms with Gasteiger partial charge in [-0.1, -0.05) is 18.2 Å². The van der Waals surface area contributed by atoms with Gasteiger partial charge in [-0.15, -0.1) is 0 Å². The summed E-state index contributed by atoms with van der Waals surface area (Å²) in [5.41, 5.74) is 6.94. The molecule has 0 aliphatic heterocycles. The molecule has 0 amide bonds. The van der Waals surface area contributed by atoms with Crippen LogP contribution in [0.5, 0.6) is 0 Å². The Labute approximate surface area is 75.6 Å². The number of carbonyl (C=O) groups is 1. The minimum absolute atomic E-state index is 0.0301. The van der Waals surface area contributed by atoms with Crippen molar-refractivity contribution in [3.8, 4) is 0 Å². The average molecular weight is 174 g/mol. The number of hydrogen-bond acceptors (Lipinski definition) is 2. The second-order valence-corrected chi connectivity index (χ2v) is 2.88. The molecule has 0 bridgehead atoms. The number of benzene rings is 1. The summed E-state index contributed by atoms with van der Waals surface area (Å²) in [6.45, 7) is 0.0574. The van der Waals surface area contributed by atoms with Gasteiger partial charge in [-0.3, -0.25) is 4.79 Å². The van der Waals surface area contributed by atoms with E-state index in [0.717, 1.165) is 10.9 Å². The van der Waals surface area contributed by atoms with Crippen LogP contribution in [0.15, 0.2) is 30.5 Å². The quantitative estimate of drug-likeness (QED) is 0.674. The van der Waals surface area contributed by atoms with E-state index >= 15 is 0 Å². The first kappa shape index (κ1) is 8.01. The molecule has 0 aliphatic carbocycles. The lowest BCUT2D eigenvalue weighted by Gasteiger charge is -1.93. The van der Waals surface area contributed by atoms with Crippen molar-refractivity contribution in [2.24, 2.45) is 5.73 Å². The average Bonchev–Trinajstić information content (AvgIpc) is 2.60. The zero-order valence-corrected chi connectivity index (χ0v) is 7.08. The van der Waals surface area contributed by atoms with E-state index in [9.17, 15) is 4.79 Å². The number of para-hydroxylation sites is 1. The SMILES string of the molecule is NCC(=O)c1c[nH]c2ccccc12. The molecule has 0 spiro atoms. The maximum atomic E-state index is 11.3. The van der Waals surface area contributed by atoms with Crippen molar-refractivity contribution in [1.29, 1.82) is 0 Å². The van der Waals surface area contributed by atoms with Crippen molar-refractivity contribution >= 4 is 16.7 Å². The molecular formula is C10H10N2O. The maximum absolute atomic E-state index is 11.3. The third-order valence-corrected chi connectivity index (χ3v) is 2.08. The molecule has 0 saturated carbocycles. The van der Waals surface area contributed by atoms with Gasteiger partial charge in [0.2, 0.25) is 0 Å². The van der Waals surface area contributed by atoms with Crippen molar-refractivity contribution in [3.05, 3.63) is 36.0 Å². The second-order valence-electron chi connectivity index (χ2n) is 2.88. The van der Waals surface area contributed by atoms with Crippen LogP contribution in [0.25, 0.3) is 10.9 Å². The van der Waals surface area contributed by atoms with E-state index in [1.54, 1.807) is 6.20 Å². The van der Waals surface area contributed by atoms with Gasteiger partial charge in [-0.2, -0.15) is 0 Å². The zero-order chi connectivity index (χ0) is 9.26. The number of H-pyrrole nitrogens is 1. The highest BCUT2D eigenvalue weighted by molar-refractivity contribution is 6.08. The summed E-state index contributed by atoms with van der Waals surface area (Å²) in [5, 5.41) is 0.943. The van der Waals surface area contributed by atoms with Crippen molar-refractivity contribution in [1.82, 2.24) is 4.98 Å². The van der Waals surface area contributed by atoms with Crippen LogP contribution < -0.4 is 5.73 Å². The third kappa shape index (κ3) is 1.23. The predicted octanol–water partition coefficient (Wildman–Crippen LogP) is 1.31. The number of carbonyl (C=O) groups excluding carboxylic acids is 1. The number of aromatic amines is 1. The number of nitrogens with one attached hydrogen (secondary N) is 1. The van der Waals surface area contributed by atoms with Crippen LogP contribution in [0, 0.1) is 0 Å². The van der Waals surface area contributed by atoms with Crippen LogP contribution in [-0.2, 0) is 0 Å². The van der Waals surface area contributed by atoms with Gasteiger partial charge < -0.3 is 10.7 Å². The van der Waals surface area contributed by atoms with Gasteiger partial charge in [0.1, 0.15) is 0 Å². The molecule has 66 valence electrons. The Morgan fingerprint density at radius 1 is 1.38 bits per heavy atom. The molecule has 0 atom stereocenters. The van der Waals surface area contributed by atoms with Crippen LogP contribution in [0.2, 0.25) is 0 Å². The Balaban J connectivity index is 2.64. The highest BCUT2D eigenvalue weighted by atomic mass is 16.1. The van der Waals surface area contributed by atoms with Gasteiger partial charge in [-0.05, 0) is 6.07 Å². The largest absolute Gasteiger partial charge is 0.360 e. The molecule has 0 radical (unpaired) electrons. The molecular weight excluding hydrogens is 164 g/mol. The van der Waals surface area contributed by atoms with E-state index in [4.69, 9.17) is 5.73 Å². The number of rotatable bonds is 2. The summed E-state index contributed by atoms with van der Waals surface area (Å²) in [6, 6.07) is 7.68. The minimum atomic E-state index is -0.0301. The standard InChI is InChI=1S/C10H10N2O/c11-5-10(13)8-6-12-9-4-2-1-3-7(8)9/h1-4,6,12H,5,11H2. The predicted molar refractivity (Wildman–Crippen MR) is 51.7 cm³/mol. The topological polar surface area (TPSA) is 58.9 Å². The summed E-state index contributed by atoms with van der Waals surface area (Å²) in [7, 11) is 0. The summed E-state index contributed by atoms with van der Waals surface area (Å²) >= 11 is 0. The number of ketones is 1. The molecule has 3 nitrogen and oxygen atoms in total. The molecule has 13 heavy (non-hydrogen) atoms. The first-order valence-corrected chi connectivity index (χ1v) is 4.12. The normalized spacial score (nSPS) is 10.5. The van der Waals surface area contributed by atoms with Crippen LogP contribution in [-0.4, -0.2) is 17.3 Å². The Hall–Kier alpha value is -1.61. The number of aromatic nitrogens is 1. The highest BCUT2D eigenvalue weighted by Gasteiger charge is 2.08. The van der Waals surface area contributed by atoms with Gasteiger partial charge in [0.25, 0.3) is 0 Å². The Bertz CT molecular complexity index is 445. The lowest BCUT2D eigenvalue weighted by atomic mass is 10.1. The van der Waals surface area contributed by atoms with Crippen molar-refractivity contribution in [2.45, 2.75) is 0 Å². The Morgan fingerprint density at radius 3 is 2.92 bits per heavy atom. The fourth-order valence-electron chi connectivity index (χ4n) is 1.41. The summed E-state index contributed by atoms with van der Waals surface area (Å²) in [5.74, 6) is -0.0301. The van der Waals surface area contributed by atoms with Crippen LogP contribution >= 0.6 is 0 Å². The number of fused-ring (bicyclic) bond motifs is 1. The Kier molecular flexibility index (Phi) is 1.87. The van der Waals surface area contributed by atoms with Gasteiger partial charge in [0.15, 0.2) is 5.78 Å². The second kappa shape index (κ2) is 3.03. The first-order valence-electron chi connectivity index (χ1n) is 4.12. The van der Waals surface area contributed by atoms with Crippen molar-refractivity contribution in [3.63, 3.8) is 0 Å². The molecule has 3 heteroatoms. The Morgan fingerprint density at radius 2 is 2.15 bits per heavy atom. The molecule has 0 saturated heterocycles. The van der Waals surface area contributed by atoms with Gasteiger partial charge in [-0.25, -0.2) is 0 Å². The van der Waals surface area contributed by atoms with Crippen LogP contribution in [0.1, 0.15) is 10.4 Å². The van der Waals surface area contributed by atoms with Gasteiger partial charge in [0.05, 0.1) is 6.54 Å². The lowest BCUT2D eigenvalue weighted by molar-refractivity contribution is 0.100. The van der Waals surface area contributed by atoms with Gasteiger partial charge >= 0.3 is 0 Å². The smallest absolute Gasteiger partial charge is 0.178 e. The lowest BCUT2D eigenvalue weighted by Crippen LogP contribution is -2.12. The van der Waals surface area contributed by atoms with E-state index in [1.165, 1.54) is 0 Å². The highest BCUT2D eigenvalue weighted by Crippen LogP contribution is 2.17. The maximum Gasteiger partial charge on any atom is 0.178 e. The summed E-state index contributed by atoms with van der Waals surface area (Å²) in [6.07, 6.45) is 1.71. The van der Waals surface area contributed by atoms with Gasteiger partial charge in [0, 0.05) is 22.7 Å². The third-order valence-electron chi connectivity index (χ3n) is 2.08. The molecule has 1 heterocycles. The minimum Gasteiger partial charge on any atom is -0.360 e. The molecule has 2 rings (SSSR count). The van der Waals surface area contributed by atoms with Crippen LogP contribution in [0.3, 0.4) is 0 Å². The monoisotopic (exact) mass is 174 g/mol. The van der Waals surface area contributed by atoms with E-state index in [2.05, 4.69) is 4.98 Å². The van der Waals surface area contributed by atoms with Crippen molar-refractivity contribution in [2.75, 3.05) is 6.54 Å². The molecule has 0 fully saturated rings. The molecule has 3 N–H and O–H groups in total. The number of Topliss-reactive ketones (excluding diaryl/α,β-unsaturated/α-hetero) is 1. The molecule has 1 aromatic heterocycles. The molecule has 0 unspecified atom stereocenters. The molecule has 0 aliphatic rings. The van der Waals surface area contributed by atoms with E-state index < -0.39 is 0 Å². The summed E-state index contributed by atoms with van der Waals surface area (Å²) < 4.78 is 0. The number of hydrogen-bond donors (Lipinski definition) is 2. The van der Waals surface area contributed by atoms with Crippen LogP contribution in [0.4, 0.5) is 0 Å².